The van der Waals surface area contributed by atoms with Gasteiger partial charge in [-0.2, -0.15) is 0 Å². The van der Waals surface area contributed by atoms with Crippen molar-refractivity contribution in [1.82, 2.24) is 10.2 Å². The van der Waals surface area contributed by atoms with Gasteiger partial charge in [-0.05, 0) is 73.5 Å². The molecule has 43 heavy (non-hydrogen) atoms. The highest BCUT2D eigenvalue weighted by molar-refractivity contribution is 5.95. The fourth-order valence-electron chi connectivity index (χ4n) is 5.51. The van der Waals surface area contributed by atoms with Crippen molar-refractivity contribution in [2.24, 2.45) is 0 Å². The van der Waals surface area contributed by atoms with Gasteiger partial charge in [0.1, 0.15) is 23.9 Å². The highest BCUT2D eigenvalue weighted by atomic mass is 16.5. The summed E-state index contributed by atoms with van der Waals surface area (Å²) in [6, 6.07) is 19.3. The molecule has 3 aromatic rings. The third-order valence-electron chi connectivity index (χ3n) is 7.72. The van der Waals surface area contributed by atoms with E-state index in [0.717, 1.165) is 47.8 Å². The summed E-state index contributed by atoms with van der Waals surface area (Å²) >= 11 is 0. The van der Waals surface area contributed by atoms with Gasteiger partial charge in [-0.15, -0.1) is 0 Å². The first kappa shape index (κ1) is 32.0. The van der Waals surface area contributed by atoms with Gasteiger partial charge in [-0.1, -0.05) is 12.1 Å². The number of carbonyl (C=O) groups excluding carboxylic acids is 1. The minimum Gasteiger partial charge on any atom is -0.497 e. The molecule has 0 spiro atoms. The lowest BCUT2D eigenvalue weighted by molar-refractivity contribution is 0.0633. The highest BCUT2D eigenvalue weighted by Crippen LogP contribution is 2.34. The van der Waals surface area contributed by atoms with Crippen molar-refractivity contribution in [2.75, 3.05) is 61.3 Å². The number of rotatable bonds is 15. The zero-order valence-electron chi connectivity index (χ0n) is 25.9. The number of hydrogen-bond donors (Lipinski definition) is 1. The van der Waals surface area contributed by atoms with E-state index in [0.29, 0.717) is 50.0 Å². The molecule has 9 heteroatoms. The first-order valence-electron chi connectivity index (χ1n) is 14.8. The number of carbonyl (C=O) groups is 1. The Bertz CT molecular complexity index is 1310. The van der Waals surface area contributed by atoms with Gasteiger partial charge in [0, 0.05) is 50.8 Å². The standard InChI is InChI=1S/C34H44N2O7/c1-6-36(34(37)26-11-12-32(41-5)33(20-26)42-16-8-15-38-2)31-22-35-14-13-30(31)25-9-7-10-27(19-25)43-23-24-17-28(39-3)21-29(18-24)40-4/h7,9-12,17-21,30-31,35H,6,8,13-16,22-23H2,1-5H3/t30-,31+/m1/s1. The molecule has 232 valence electrons. The van der Waals surface area contributed by atoms with E-state index in [-0.39, 0.29) is 17.9 Å². The summed E-state index contributed by atoms with van der Waals surface area (Å²) in [7, 11) is 6.53. The largest absolute Gasteiger partial charge is 0.497 e. The molecule has 1 heterocycles. The maximum atomic E-state index is 13.9. The fourth-order valence-corrected chi connectivity index (χ4v) is 5.51. The van der Waals surface area contributed by atoms with Crippen molar-refractivity contribution in [3.05, 3.63) is 77.4 Å². The first-order valence-corrected chi connectivity index (χ1v) is 14.8. The van der Waals surface area contributed by atoms with E-state index in [9.17, 15) is 4.79 Å². The maximum absolute atomic E-state index is 13.9. The Hall–Kier alpha value is -3.95. The molecule has 0 bridgehead atoms. The van der Waals surface area contributed by atoms with Crippen LogP contribution >= 0.6 is 0 Å². The van der Waals surface area contributed by atoms with Crippen molar-refractivity contribution >= 4 is 5.91 Å². The summed E-state index contributed by atoms with van der Waals surface area (Å²) in [6.45, 7) is 5.63. The number of hydrogen-bond acceptors (Lipinski definition) is 8. The molecule has 1 fully saturated rings. The Morgan fingerprint density at radius 2 is 1.65 bits per heavy atom. The van der Waals surface area contributed by atoms with Crippen molar-refractivity contribution in [2.45, 2.75) is 38.3 Å². The van der Waals surface area contributed by atoms with Gasteiger partial charge < -0.3 is 38.6 Å². The summed E-state index contributed by atoms with van der Waals surface area (Å²) in [5, 5.41) is 3.50. The molecule has 0 unspecified atom stereocenters. The van der Waals surface area contributed by atoms with Crippen molar-refractivity contribution in [3.8, 4) is 28.7 Å². The molecule has 2 atom stereocenters. The molecule has 1 saturated heterocycles. The van der Waals surface area contributed by atoms with Crippen LogP contribution in [0, 0.1) is 0 Å². The second kappa shape index (κ2) is 16.0. The van der Waals surface area contributed by atoms with Crippen LogP contribution < -0.4 is 29.0 Å². The third kappa shape index (κ3) is 8.33. The van der Waals surface area contributed by atoms with Crippen LogP contribution in [0.3, 0.4) is 0 Å². The van der Waals surface area contributed by atoms with Crippen LogP contribution in [0.5, 0.6) is 28.7 Å². The third-order valence-corrected chi connectivity index (χ3v) is 7.72. The van der Waals surface area contributed by atoms with E-state index >= 15 is 0 Å². The van der Waals surface area contributed by atoms with Crippen LogP contribution in [0.2, 0.25) is 0 Å². The SMILES string of the molecule is CCN(C(=O)c1ccc(OC)c(OCCCOC)c1)[C@H]1CNCC[C@@H]1c1cccc(OCc2cc(OC)cc(OC)c2)c1. The first-order chi connectivity index (χ1) is 21.0. The highest BCUT2D eigenvalue weighted by Gasteiger charge is 2.34. The van der Waals surface area contributed by atoms with E-state index < -0.39 is 0 Å². The summed E-state index contributed by atoms with van der Waals surface area (Å²) in [4.78, 5) is 15.9. The fraction of sp³-hybridized carbons (Fsp3) is 0.441. The molecule has 0 saturated carbocycles. The predicted octanol–water partition coefficient (Wildman–Crippen LogP) is 5.31. The van der Waals surface area contributed by atoms with Crippen LogP contribution in [-0.4, -0.2) is 78.1 Å². The van der Waals surface area contributed by atoms with Gasteiger partial charge in [0.25, 0.3) is 5.91 Å². The van der Waals surface area contributed by atoms with Crippen molar-refractivity contribution in [1.29, 1.82) is 0 Å². The van der Waals surface area contributed by atoms with Gasteiger partial charge >= 0.3 is 0 Å². The van der Waals surface area contributed by atoms with Crippen LogP contribution in [0.15, 0.2) is 60.7 Å². The average Bonchev–Trinajstić information content (AvgIpc) is 3.06. The number of ether oxygens (including phenoxy) is 6. The monoisotopic (exact) mass is 592 g/mol. The molecule has 9 nitrogen and oxygen atoms in total. The van der Waals surface area contributed by atoms with Gasteiger partial charge in [-0.25, -0.2) is 0 Å². The lowest BCUT2D eigenvalue weighted by Gasteiger charge is -2.40. The predicted molar refractivity (Wildman–Crippen MR) is 166 cm³/mol. The Labute approximate surface area is 255 Å². The van der Waals surface area contributed by atoms with Gasteiger partial charge in [0.2, 0.25) is 0 Å². The maximum Gasteiger partial charge on any atom is 0.254 e. The number of benzene rings is 3. The molecule has 0 aliphatic carbocycles. The molecular formula is C34H44N2O7. The Balaban J connectivity index is 1.51. The lowest BCUT2D eigenvalue weighted by atomic mass is 9.84. The molecule has 1 amide bonds. The number of nitrogens with zero attached hydrogens (tertiary/aromatic N) is 1. The van der Waals surface area contributed by atoms with Crippen LogP contribution in [-0.2, 0) is 11.3 Å². The van der Waals surface area contributed by atoms with Gasteiger partial charge in [0.15, 0.2) is 11.5 Å². The molecule has 1 N–H and O–H groups in total. The molecule has 1 aliphatic rings. The zero-order valence-corrected chi connectivity index (χ0v) is 25.9. The molecular weight excluding hydrogens is 548 g/mol. The summed E-state index contributed by atoms with van der Waals surface area (Å²) < 4.78 is 33.5. The van der Waals surface area contributed by atoms with E-state index in [1.165, 1.54) is 0 Å². The number of methoxy groups -OCH3 is 4. The average molecular weight is 593 g/mol. The van der Waals surface area contributed by atoms with E-state index in [4.69, 9.17) is 28.4 Å². The summed E-state index contributed by atoms with van der Waals surface area (Å²) in [5.74, 6) is 3.47. The zero-order chi connectivity index (χ0) is 30.6. The van der Waals surface area contributed by atoms with Gasteiger partial charge in [-0.3, -0.25) is 4.79 Å². The summed E-state index contributed by atoms with van der Waals surface area (Å²) in [5.41, 5.74) is 2.67. The van der Waals surface area contributed by atoms with E-state index in [1.54, 1.807) is 46.6 Å². The Morgan fingerprint density at radius 3 is 2.35 bits per heavy atom. The minimum absolute atomic E-state index is 0.0303. The molecule has 3 aromatic carbocycles. The minimum atomic E-state index is -0.0371. The number of amides is 1. The van der Waals surface area contributed by atoms with Crippen LogP contribution in [0.4, 0.5) is 0 Å². The van der Waals surface area contributed by atoms with Crippen molar-refractivity contribution < 1.29 is 33.2 Å². The van der Waals surface area contributed by atoms with Crippen LogP contribution in [0.1, 0.15) is 47.2 Å². The summed E-state index contributed by atoms with van der Waals surface area (Å²) in [6.07, 6.45) is 1.65. The lowest BCUT2D eigenvalue weighted by Crippen LogP contribution is -2.52. The normalized spacial score (nSPS) is 16.3. The smallest absolute Gasteiger partial charge is 0.254 e. The topological polar surface area (TPSA) is 87.7 Å². The Morgan fingerprint density at radius 1 is 0.860 bits per heavy atom. The van der Waals surface area contributed by atoms with E-state index in [1.807, 2.05) is 42.2 Å². The molecule has 4 rings (SSSR count). The second-order valence-corrected chi connectivity index (χ2v) is 10.4. The molecule has 0 aromatic heterocycles. The quantitative estimate of drug-likeness (QED) is 0.238. The molecule has 0 radical (unpaired) electrons. The molecule has 1 aliphatic heterocycles. The van der Waals surface area contributed by atoms with E-state index in [2.05, 4.69) is 17.4 Å². The Kier molecular flexibility index (Phi) is 11.9. The second-order valence-electron chi connectivity index (χ2n) is 10.4. The number of piperidine rings is 1. The number of nitrogens with one attached hydrogen (secondary N) is 1. The number of likely N-dealkylation sites (N-methyl/N-ethyl adjacent to an activating group) is 1. The van der Waals surface area contributed by atoms with Gasteiger partial charge in [0.05, 0.1) is 34.0 Å². The van der Waals surface area contributed by atoms with Crippen LogP contribution in [0.25, 0.3) is 0 Å². The van der Waals surface area contributed by atoms with Crippen molar-refractivity contribution in [3.63, 3.8) is 0 Å².